The SMILES string of the molecule is C=CN/C=C\C=C(/Cc1cccc(C#N)c1)CN1CCCCC1CCc1ccc(C=O)c(CN(C)C(CCC=O)C(=O)NC)c1. The Balaban J connectivity index is 1.74. The summed E-state index contributed by atoms with van der Waals surface area (Å²) in [4.78, 5) is 39.9. The number of piperidine rings is 1. The molecule has 1 amide bonds. The van der Waals surface area contributed by atoms with Crippen molar-refractivity contribution in [2.45, 2.75) is 70.0 Å². The molecule has 2 aromatic rings. The van der Waals surface area contributed by atoms with Crippen LogP contribution in [0.25, 0.3) is 0 Å². The first-order chi connectivity index (χ1) is 21.9. The van der Waals surface area contributed by atoms with Gasteiger partial charge in [0.25, 0.3) is 0 Å². The summed E-state index contributed by atoms with van der Waals surface area (Å²) in [6.45, 7) is 6.02. The number of nitrogens with one attached hydrogen (secondary N) is 2. The van der Waals surface area contributed by atoms with Crippen molar-refractivity contribution in [3.63, 3.8) is 0 Å². The van der Waals surface area contributed by atoms with Gasteiger partial charge in [-0.15, -0.1) is 0 Å². The van der Waals surface area contributed by atoms with Gasteiger partial charge >= 0.3 is 0 Å². The normalized spacial score (nSPS) is 16.2. The molecule has 3 rings (SSSR count). The number of rotatable bonds is 18. The van der Waals surface area contributed by atoms with Gasteiger partial charge in [0.15, 0.2) is 0 Å². The van der Waals surface area contributed by atoms with Crippen LogP contribution in [0.15, 0.2) is 79.2 Å². The predicted molar refractivity (Wildman–Crippen MR) is 179 cm³/mol. The first-order valence-corrected chi connectivity index (χ1v) is 15.8. The number of nitrogens with zero attached hydrogens (tertiary/aromatic N) is 3. The van der Waals surface area contributed by atoms with Crippen molar-refractivity contribution in [3.05, 3.63) is 107 Å². The summed E-state index contributed by atoms with van der Waals surface area (Å²) in [7, 11) is 3.45. The molecule has 2 unspecified atom stereocenters. The number of carbonyl (C=O) groups excluding carboxylic acids is 3. The molecule has 0 bridgehead atoms. The zero-order valence-corrected chi connectivity index (χ0v) is 26.7. The molecule has 2 aromatic carbocycles. The molecular formula is C37H47N5O3. The van der Waals surface area contributed by atoms with E-state index in [1.165, 1.54) is 24.0 Å². The summed E-state index contributed by atoms with van der Waals surface area (Å²) < 4.78 is 0. The topological polar surface area (TPSA) is 106 Å². The predicted octanol–water partition coefficient (Wildman–Crippen LogP) is 5.10. The van der Waals surface area contributed by atoms with Crippen LogP contribution in [-0.2, 0) is 29.0 Å². The Kier molecular flexibility index (Phi) is 15.0. The number of nitriles is 1. The second-order valence-electron chi connectivity index (χ2n) is 11.6. The van der Waals surface area contributed by atoms with Gasteiger partial charge in [-0.3, -0.25) is 19.4 Å². The molecule has 2 atom stereocenters. The van der Waals surface area contributed by atoms with Gasteiger partial charge in [0.2, 0.25) is 5.91 Å². The Morgan fingerprint density at radius 3 is 2.78 bits per heavy atom. The van der Waals surface area contributed by atoms with E-state index < -0.39 is 6.04 Å². The van der Waals surface area contributed by atoms with Crippen LogP contribution < -0.4 is 10.6 Å². The number of aryl methyl sites for hydroxylation is 1. The van der Waals surface area contributed by atoms with Crippen LogP contribution in [0.3, 0.4) is 0 Å². The molecule has 1 saturated heterocycles. The lowest BCUT2D eigenvalue weighted by Crippen LogP contribution is -2.43. The standard InChI is InChI=1S/C37H47N5O3/c1-4-40-19-8-12-32(23-30-10-7-11-31(22-30)25-38)26-42-20-6-5-13-35(42)18-16-29-15-17-33(28-44)34(24-29)27-41(3)36(14-9-21-43)37(45)39-2/h4,7-8,10-12,15,17,19,21-22,24,28,35-36,40H,1,5-6,9,13-14,16,18,20,23,26-27H2,2-3H3,(H,39,45)/b19-8-,32-12+. The summed E-state index contributed by atoms with van der Waals surface area (Å²) in [6, 6.07) is 16.0. The first-order valence-electron chi connectivity index (χ1n) is 15.8. The third kappa shape index (κ3) is 11.3. The van der Waals surface area contributed by atoms with Crippen molar-refractivity contribution >= 4 is 18.5 Å². The maximum atomic E-state index is 12.5. The zero-order valence-electron chi connectivity index (χ0n) is 26.7. The molecular weight excluding hydrogens is 562 g/mol. The van der Waals surface area contributed by atoms with Gasteiger partial charge in [0.1, 0.15) is 12.6 Å². The summed E-state index contributed by atoms with van der Waals surface area (Å²) in [6.07, 6.45) is 16.3. The molecule has 2 N–H and O–H groups in total. The first kappa shape index (κ1) is 35.2. The summed E-state index contributed by atoms with van der Waals surface area (Å²) in [5, 5.41) is 15.1. The van der Waals surface area contributed by atoms with E-state index in [0.29, 0.717) is 36.6 Å². The molecule has 0 spiro atoms. The Morgan fingerprint density at radius 2 is 2.04 bits per heavy atom. The summed E-state index contributed by atoms with van der Waals surface area (Å²) in [5.41, 5.74) is 5.74. The second kappa shape index (κ2) is 19.1. The monoisotopic (exact) mass is 609 g/mol. The molecule has 0 aromatic heterocycles. The van der Waals surface area contributed by atoms with E-state index in [9.17, 15) is 19.6 Å². The Bertz CT molecular complexity index is 1390. The molecule has 1 aliphatic rings. The molecule has 0 aliphatic carbocycles. The van der Waals surface area contributed by atoms with Crippen molar-refractivity contribution in [2.24, 2.45) is 0 Å². The minimum Gasteiger partial charge on any atom is -0.368 e. The maximum absolute atomic E-state index is 12.5. The minimum absolute atomic E-state index is 0.140. The van der Waals surface area contributed by atoms with E-state index >= 15 is 0 Å². The highest BCUT2D eigenvalue weighted by Crippen LogP contribution is 2.25. The van der Waals surface area contributed by atoms with E-state index in [2.05, 4.69) is 46.4 Å². The lowest BCUT2D eigenvalue weighted by Gasteiger charge is -2.36. The molecule has 238 valence electrons. The van der Waals surface area contributed by atoms with Crippen LogP contribution in [0, 0.1) is 11.3 Å². The number of carbonyl (C=O) groups is 3. The third-order valence-corrected chi connectivity index (χ3v) is 8.44. The maximum Gasteiger partial charge on any atom is 0.237 e. The van der Waals surface area contributed by atoms with Crippen molar-refractivity contribution in [1.29, 1.82) is 5.26 Å². The lowest BCUT2D eigenvalue weighted by atomic mass is 9.93. The van der Waals surface area contributed by atoms with Crippen molar-refractivity contribution in [1.82, 2.24) is 20.4 Å². The smallest absolute Gasteiger partial charge is 0.237 e. The van der Waals surface area contributed by atoms with Gasteiger partial charge in [0.05, 0.1) is 17.7 Å². The number of allylic oxidation sites excluding steroid dienone is 2. The number of likely N-dealkylation sites (tertiary alicyclic amines) is 1. The fraction of sp³-hybridized carbons (Fsp3) is 0.405. The average Bonchev–Trinajstić information content (AvgIpc) is 3.06. The number of likely N-dealkylation sites (N-methyl/N-ethyl adjacent to an activating group) is 2. The lowest BCUT2D eigenvalue weighted by molar-refractivity contribution is -0.126. The third-order valence-electron chi connectivity index (χ3n) is 8.44. The van der Waals surface area contributed by atoms with Crippen LogP contribution >= 0.6 is 0 Å². The largest absolute Gasteiger partial charge is 0.368 e. The molecule has 8 heteroatoms. The molecule has 1 aliphatic heterocycles. The Hall–Kier alpha value is -4.32. The van der Waals surface area contributed by atoms with Gasteiger partial charge < -0.3 is 15.4 Å². The molecule has 0 radical (unpaired) electrons. The second-order valence-corrected chi connectivity index (χ2v) is 11.6. The minimum atomic E-state index is -0.453. The highest BCUT2D eigenvalue weighted by atomic mass is 16.2. The number of amides is 1. The van der Waals surface area contributed by atoms with Crippen LogP contribution in [0.1, 0.15) is 71.1 Å². The number of hydrogen-bond donors (Lipinski definition) is 2. The molecule has 0 saturated carbocycles. The van der Waals surface area contributed by atoms with Gasteiger partial charge in [-0.2, -0.15) is 5.26 Å². The highest BCUT2D eigenvalue weighted by molar-refractivity contribution is 5.82. The number of hydrogen-bond acceptors (Lipinski definition) is 7. The molecule has 45 heavy (non-hydrogen) atoms. The van der Waals surface area contributed by atoms with E-state index in [0.717, 1.165) is 62.5 Å². The molecule has 1 fully saturated rings. The fourth-order valence-electron chi connectivity index (χ4n) is 6.07. The van der Waals surface area contributed by atoms with Crippen molar-refractivity contribution < 1.29 is 14.4 Å². The van der Waals surface area contributed by atoms with E-state index in [1.807, 2.05) is 54.6 Å². The van der Waals surface area contributed by atoms with E-state index in [1.54, 1.807) is 13.2 Å². The molecule has 1 heterocycles. The van der Waals surface area contributed by atoms with Crippen LogP contribution in [0.5, 0.6) is 0 Å². The van der Waals surface area contributed by atoms with E-state index in [-0.39, 0.29) is 5.91 Å². The fourth-order valence-corrected chi connectivity index (χ4v) is 6.07. The van der Waals surface area contributed by atoms with Crippen LogP contribution in [0.2, 0.25) is 0 Å². The summed E-state index contributed by atoms with van der Waals surface area (Å²) >= 11 is 0. The van der Waals surface area contributed by atoms with Gasteiger partial charge in [-0.1, -0.05) is 55.0 Å². The Morgan fingerprint density at radius 1 is 1.20 bits per heavy atom. The van der Waals surface area contributed by atoms with E-state index in [4.69, 9.17) is 0 Å². The number of aldehydes is 2. The Labute approximate surface area is 268 Å². The van der Waals surface area contributed by atoms with Gasteiger partial charge in [-0.25, -0.2) is 0 Å². The average molecular weight is 610 g/mol. The number of benzene rings is 2. The van der Waals surface area contributed by atoms with Crippen LogP contribution in [-0.4, -0.2) is 67.5 Å². The summed E-state index contributed by atoms with van der Waals surface area (Å²) in [5.74, 6) is -0.140. The van der Waals surface area contributed by atoms with Gasteiger partial charge in [-0.05, 0) is 93.2 Å². The zero-order chi connectivity index (χ0) is 32.4. The molecule has 8 nitrogen and oxygen atoms in total. The van der Waals surface area contributed by atoms with Gasteiger partial charge in [0, 0.05) is 44.4 Å². The van der Waals surface area contributed by atoms with Crippen molar-refractivity contribution in [3.8, 4) is 6.07 Å². The quantitative estimate of drug-likeness (QED) is 0.179. The van der Waals surface area contributed by atoms with Crippen LogP contribution in [0.4, 0.5) is 0 Å². The highest BCUT2D eigenvalue weighted by Gasteiger charge is 2.24. The van der Waals surface area contributed by atoms with Crippen molar-refractivity contribution in [2.75, 3.05) is 27.2 Å².